The first kappa shape index (κ1) is 30.1. The first-order valence-electron chi connectivity index (χ1n) is 8.41. The molecule has 30 heavy (non-hydrogen) atoms. The molecule has 5 nitrogen and oxygen atoms in total. The monoisotopic (exact) mass is 504 g/mol. The van der Waals surface area contributed by atoms with Gasteiger partial charge in [-0.2, -0.15) is 10.2 Å². The van der Waals surface area contributed by atoms with Crippen molar-refractivity contribution in [3.63, 3.8) is 0 Å². The van der Waals surface area contributed by atoms with Crippen LogP contribution in [0.2, 0.25) is 0 Å². The zero-order valence-corrected chi connectivity index (χ0v) is 19.7. The summed E-state index contributed by atoms with van der Waals surface area (Å²) in [6.07, 6.45) is 0. The Balaban J connectivity index is 0. The van der Waals surface area contributed by atoms with E-state index in [1.54, 1.807) is 0 Å². The topological polar surface area (TPSA) is 61.7 Å². The first-order valence-corrected chi connectivity index (χ1v) is 8.41. The largest absolute Gasteiger partial charge is 3.00 e. The molecule has 1 radical (unpaired) electrons. The van der Waals surface area contributed by atoms with Crippen LogP contribution in [-0.4, -0.2) is 16.4 Å². The van der Waals surface area contributed by atoms with Gasteiger partial charge in [-0.3, -0.25) is 10.9 Å². The van der Waals surface area contributed by atoms with Crippen molar-refractivity contribution in [2.75, 3.05) is 10.9 Å². The van der Waals surface area contributed by atoms with Gasteiger partial charge in [0, 0.05) is 0 Å². The maximum Gasteiger partial charge on any atom is 3.00 e. The van der Waals surface area contributed by atoms with Crippen LogP contribution in [-0.2, 0) is 17.1 Å². The van der Waals surface area contributed by atoms with E-state index in [0.717, 1.165) is 34.2 Å². The van der Waals surface area contributed by atoms with Crippen molar-refractivity contribution < 1.29 is 54.3 Å². The number of halogens is 3. The summed E-state index contributed by atoms with van der Waals surface area (Å²) < 4.78 is 0. The second-order valence-corrected chi connectivity index (χ2v) is 5.76. The van der Waals surface area contributed by atoms with E-state index in [1.165, 1.54) is 0 Å². The molecule has 0 atom stereocenters. The molecule has 0 unspecified atom stereocenters. The fourth-order valence-corrected chi connectivity index (χ4v) is 2.27. The van der Waals surface area contributed by atoms with E-state index in [0.29, 0.717) is 0 Å². The molecule has 0 aliphatic rings. The molecule has 1 aromatic heterocycles. The Morgan fingerprint density at radius 2 is 0.967 bits per heavy atom. The van der Waals surface area contributed by atoms with Gasteiger partial charge in [0.25, 0.3) is 0 Å². The van der Waals surface area contributed by atoms with E-state index < -0.39 is 0 Å². The molecule has 0 saturated heterocycles. The van der Waals surface area contributed by atoms with Gasteiger partial charge >= 0.3 is 17.1 Å². The molecule has 0 spiro atoms. The van der Waals surface area contributed by atoms with Crippen molar-refractivity contribution in [1.29, 1.82) is 0 Å². The summed E-state index contributed by atoms with van der Waals surface area (Å²) in [7, 11) is 0. The van der Waals surface area contributed by atoms with Gasteiger partial charge < -0.3 is 37.2 Å². The maximum absolute atomic E-state index is 4.66. The van der Waals surface area contributed by atoms with Gasteiger partial charge in [0.2, 0.25) is 0 Å². The van der Waals surface area contributed by atoms with Crippen molar-refractivity contribution in [3.8, 4) is 0 Å². The molecule has 0 amide bonds. The van der Waals surface area contributed by atoms with E-state index in [-0.39, 0.29) is 54.3 Å². The fraction of sp³-hybridized carbons (Fsp3) is 0.0952. The van der Waals surface area contributed by atoms with Gasteiger partial charge in [0.05, 0.1) is 34.2 Å². The third kappa shape index (κ3) is 9.16. The van der Waals surface area contributed by atoms with Gasteiger partial charge in [-0.25, -0.2) is 4.98 Å². The number of pyridine rings is 1. The van der Waals surface area contributed by atoms with Gasteiger partial charge in [0.15, 0.2) is 0 Å². The number of hydrazone groups is 2. The van der Waals surface area contributed by atoms with Crippen molar-refractivity contribution in [3.05, 3.63) is 90.3 Å². The van der Waals surface area contributed by atoms with Crippen LogP contribution in [0.3, 0.4) is 0 Å². The Hall–Kier alpha value is -2.08. The third-order valence-electron chi connectivity index (χ3n) is 3.74. The van der Waals surface area contributed by atoms with Crippen LogP contribution >= 0.6 is 0 Å². The molecular weight excluding hydrogens is 484 g/mol. The summed E-state index contributed by atoms with van der Waals surface area (Å²) in [5, 5.41) is 8.81. The summed E-state index contributed by atoms with van der Waals surface area (Å²) >= 11 is 0. The molecule has 0 bridgehead atoms. The van der Waals surface area contributed by atoms with Crippen molar-refractivity contribution in [1.82, 2.24) is 4.98 Å². The Morgan fingerprint density at radius 1 is 0.600 bits per heavy atom. The van der Waals surface area contributed by atoms with Crippen LogP contribution in [0.15, 0.2) is 89.1 Å². The SMILES string of the molecule is CC(=NNc1ccccc1)c1cccc(C(C)=NNc2ccccc2)n1.[Cl-].[Cl-].[Cl-].[Fe+3]. The number of benzene rings is 2. The normalized spacial score (nSPS) is 10.3. The minimum atomic E-state index is 0. The van der Waals surface area contributed by atoms with Crippen LogP contribution in [0.25, 0.3) is 0 Å². The Bertz CT molecular complexity index is 849. The summed E-state index contributed by atoms with van der Waals surface area (Å²) in [5.74, 6) is 0. The van der Waals surface area contributed by atoms with Crippen LogP contribution in [0.5, 0.6) is 0 Å². The van der Waals surface area contributed by atoms with Gasteiger partial charge in [0.1, 0.15) is 0 Å². The number of nitrogens with one attached hydrogen (secondary N) is 2. The number of para-hydroxylation sites is 2. The summed E-state index contributed by atoms with van der Waals surface area (Å²) in [5.41, 5.74) is 11.2. The molecule has 0 aliphatic carbocycles. The molecule has 0 saturated carbocycles. The molecule has 3 rings (SSSR count). The molecular formula is C21H21Cl3FeN5. The Morgan fingerprint density at radius 3 is 1.33 bits per heavy atom. The average Bonchev–Trinajstić information content (AvgIpc) is 2.72. The van der Waals surface area contributed by atoms with E-state index in [9.17, 15) is 0 Å². The number of nitrogens with zero attached hydrogens (tertiary/aromatic N) is 3. The standard InChI is InChI=1S/C21H21N5.3ClH.Fe/c1-16(23-25-18-10-5-3-6-11-18)20-14-9-15-21(22-20)17(2)24-26-19-12-7-4-8-13-19;;;;/h3-15,25-26H,1-2H3;3*1H;/q;;;;+3/p-3. The van der Waals surface area contributed by atoms with Crippen LogP contribution in [0, 0.1) is 0 Å². The number of anilines is 2. The van der Waals surface area contributed by atoms with Crippen LogP contribution < -0.4 is 48.1 Å². The maximum atomic E-state index is 4.66. The van der Waals surface area contributed by atoms with Gasteiger partial charge in [-0.1, -0.05) is 42.5 Å². The average molecular weight is 506 g/mol. The van der Waals surface area contributed by atoms with E-state index in [1.807, 2.05) is 92.7 Å². The zero-order chi connectivity index (χ0) is 18.2. The van der Waals surface area contributed by atoms with Crippen molar-refractivity contribution in [2.24, 2.45) is 10.2 Å². The van der Waals surface area contributed by atoms with Crippen LogP contribution in [0.4, 0.5) is 11.4 Å². The minimum absolute atomic E-state index is 0. The number of hydrogen-bond acceptors (Lipinski definition) is 5. The Kier molecular flexibility index (Phi) is 15.8. The zero-order valence-electron chi connectivity index (χ0n) is 16.3. The smallest absolute Gasteiger partial charge is 1.00 e. The minimum Gasteiger partial charge on any atom is -1.00 e. The van der Waals surface area contributed by atoms with Gasteiger partial charge in [-0.15, -0.1) is 0 Å². The number of hydrogen-bond donors (Lipinski definition) is 2. The predicted octanol–water partition coefficient (Wildman–Crippen LogP) is -4.24. The first-order chi connectivity index (χ1) is 12.7. The third-order valence-corrected chi connectivity index (χ3v) is 3.74. The molecule has 3 aromatic rings. The van der Waals surface area contributed by atoms with Gasteiger partial charge in [-0.05, 0) is 50.2 Å². The van der Waals surface area contributed by atoms with E-state index in [2.05, 4.69) is 26.0 Å². The molecule has 2 N–H and O–H groups in total. The summed E-state index contributed by atoms with van der Waals surface area (Å²) in [6, 6.07) is 25.5. The second-order valence-electron chi connectivity index (χ2n) is 5.76. The fourth-order valence-electron chi connectivity index (χ4n) is 2.27. The molecule has 9 heteroatoms. The van der Waals surface area contributed by atoms with E-state index in [4.69, 9.17) is 0 Å². The second kappa shape index (κ2) is 15.7. The van der Waals surface area contributed by atoms with Crippen molar-refractivity contribution >= 4 is 22.8 Å². The van der Waals surface area contributed by atoms with Crippen LogP contribution in [0.1, 0.15) is 25.2 Å². The number of aromatic nitrogens is 1. The predicted molar refractivity (Wildman–Crippen MR) is 109 cm³/mol. The Labute approximate surface area is 206 Å². The summed E-state index contributed by atoms with van der Waals surface area (Å²) in [6.45, 7) is 3.85. The molecule has 1 heterocycles. The number of rotatable bonds is 6. The molecule has 2 aromatic carbocycles. The quantitative estimate of drug-likeness (QED) is 0.203. The molecule has 159 valence electrons. The molecule has 0 aliphatic heterocycles. The van der Waals surface area contributed by atoms with Crippen molar-refractivity contribution in [2.45, 2.75) is 13.8 Å². The molecule has 0 fully saturated rings. The van der Waals surface area contributed by atoms with E-state index >= 15 is 0 Å². The summed E-state index contributed by atoms with van der Waals surface area (Å²) in [4.78, 5) is 4.66.